The van der Waals surface area contributed by atoms with Crippen molar-refractivity contribution in [3.63, 3.8) is 0 Å². The molecular weight excluding hydrogens is 419 g/mol. The lowest BCUT2D eigenvalue weighted by atomic mass is 10.1. The molecular formula is C23H24Cl2N4O. The summed E-state index contributed by atoms with van der Waals surface area (Å²) in [7, 11) is 0. The molecule has 2 aromatic heterocycles. The summed E-state index contributed by atoms with van der Waals surface area (Å²) in [5.41, 5.74) is 4.46. The molecule has 1 unspecified atom stereocenters. The molecule has 1 saturated carbocycles. The highest BCUT2D eigenvalue weighted by Gasteiger charge is 2.37. The third-order valence-electron chi connectivity index (χ3n) is 5.68. The molecule has 1 atom stereocenters. The number of halogens is 2. The number of hydrogen-bond acceptors (Lipinski definition) is 3. The van der Waals surface area contributed by atoms with Gasteiger partial charge in [-0.25, -0.2) is 4.68 Å². The molecule has 4 rings (SSSR count). The smallest absolute Gasteiger partial charge is 0.227 e. The molecule has 1 aliphatic carbocycles. The van der Waals surface area contributed by atoms with Crippen LogP contribution in [0.1, 0.15) is 48.5 Å². The Bertz CT molecular complexity index is 1080. The van der Waals surface area contributed by atoms with Gasteiger partial charge in [-0.1, -0.05) is 29.3 Å². The minimum Gasteiger partial charge on any atom is -0.331 e. The maximum Gasteiger partial charge on any atom is 0.227 e. The van der Waals surface area contributed by atoms with Gasteiger partial charge in [-0.2, -0.15) is 5.10 Å². The average Bonchev–Trinajstić information content (AvgIpc) is 3.53. The number of aromatic nitrogens is 3. The fourth-order valence-electron chi connectivity index (χ4n) is 3.90. The molecule has 2 heterocycles. The summed E-state index contributed by atoms with van der Waals surface area (Å²) < 4.78 is 1.82. The molecule has 30 heavy (non-hydrogen) atoms. The van der Waals surface area contributed by atoms with Crippen molar-refractivity contribution in [2.75, 3.05) is 0 Å². The van der Waals surface area contributed by atoms with Crippen LogP contribution in [0.5, 0.6) is 0 Å². The predicted molar refractivity (Wildman–Crippen MR) is 119 cm³/mol. The summed E-state index contributed by atoms with van der Waals surface area (Å²) in [5, 5.41) is 5.64. The van der Waals surface area contributed by atoms with Crippen LogP contribution in [-0.4, -0.2) is 31.6 Å². The van der Waals surface area contributed by atoms with Crippen LogP contribution in [0, 0.1) is 13.8 Å². The van der Waals surface area contributed by atoms with Crippen molar-refractivity contribution in [1.29, 1.82) is 0 Å². The van der Waals surface area contributed by atoms with Gasteiger partial charge in [0.2, 0.25) is 5.91 Å². The standard InChI is InChI=1S/C23H24Cl2N4O/c1-14-19(15(2)29(27-14)18-9-10-20(24)21(25)12-18)13-23(30)28(17-7-8-17)16(3)22-6-4-5-11-26-22/h4-6,9-12,16-17H,7-8,13H2,1-3H3. The molecule has 1 aromatic carbocycles. The van der Waals surface area contributed by atoms with E-state index < -0.39 is 0 Å². The van der Waals surface area contributed by atoms with Crippen molar-refractivity contribution in [2.45, 2.75) is 52.1 Å². The SMILES string of the molecule is Cc1nn(-c2ccc(Cl)c(Cl)c2)c(C)c1CC(=O)N(C1CC1)C(C)c1ccccn1. The molecule has 0 N–H and O–H groups in total. The summed E-state index contributed by atoms with van der Waals surface area (Å²) >= 11 is 12.2. The van der Waals surface area contributed by atoms with E-state index >= 15 is 0 Å². The normalized spacial score (nSPS) is 14.6. The molecule has 1 aliphatic rings. The Labute approximate surface area is 186 Å². The van der Waals surface area contributed by atoms with E-state index in [2.05, 4.69) is 17.0 Å². The number of nitrogens with zero attached hydrogens (tertiary/aromatic N) is 4. The van der Waals surface area contributed by atoms with Gasteiger partial charge in [0.15, 0.2) is 0 Å². The number of benzene rings is 1. The molecule has 0 radical (unpaired) electrons. The van der Waals surface area contributed by atoms with Gasteiger partial charge in [0.05, 0.1) is 39.6 Å². The van der Waals surface area contributed by atoms with E-state index in [1.165, 1.54) is 0 Å². The Morgan fingerprint density at radius 1 is 1.20 bits per heavy atom. The summed E-state index contributed by atoms with van der Waals surface area (Å²) in [5.74, 6) is 0.107. The second-order valence-electron chi connectivity index (χ2n) is 7.80. The van der Waals surface area contributed by atoms with Gasteiger partial charge in [0.25, 0.3) is 0 Å². The second-order valence-corrected chi connectivity index (χ2v) is 8.61. The summed E-state index contributed by atoms with van der Waals surface area (Å²) in [6, 6.07) is 11.5. The highest BCUT2D eigenvalue weighted by Crippen LogP contribution is 2.35. The number of carbonyl (C=O) groups excluding carboxylic acids is 1. The van der Waals surface area contributed by atoms with Crippen LogP contribution in [0.15, 0.2) is 42.6 Å². The van der Waals surface area contributed by atoms with Crippen molar-refractivity contribution in [2.24, 2.45) is 0 Å². The monoisotopic (exact) mass is 442 g/mol. The van der Waals surface area contributed by atoms with Crippen molar-refractivity contribution in [1.82, 2.24) is 19.7 Å². The Morgan fingerprint density at radius 3 is 2.60 bits per heavy atom. The van der Waals surface area contributed by atoms with Gasteiger partial charge >= 0.3 is 0 Å². The molecule has 7 heteroatoms. The van der Waals surface area contributed by atoms with Gasteiger partial charge in [0.1, 0.15) is 0 Å². The van der Waals surface area contributed by atoms with Gasteiger partial charge < -0.3 is 4.90 Å². The predicted octanol–water partition coefficient (Wildman–Crippen LogP) is 5.49. The molecule has 0 aliphatic heterocycles. The molecule has 5 nitrogen and oxygen atoms in total. The van der Waals surface area contributed by atoms with Gasteiger partial charge in [-0.3, -0.25) is 9.78 Å². The largest absolute Gasteiger partial charge is 0.331 e. The number of pyridine rings is 1. The molecule has 3 aromatic rings. The summed E-state index contributed by atoms with van der Waals surface area (Å²) in [4.78, 5) is 19.8. The van der Waals surface area contributed by atoms with Crippen molar-refractivity contribution in [3.8, 4) is 5.69 Å². The average molecular weight is 443 g/mol. The number of aryl methyl sites for hydroxylation is 1. The Hall–Kier alpha value is -2.37. The van der Waals surface area contributed by atoms with Crippen LogP contribution in [0.4, 0.5) is 0 Å². The van der Waals surface area contributed by atoms with E-state index in [1.54, 1.807) is 18.3 Å². The van der Waals surface area contributed by atoms with Gasteiger partial charge in [-0.15, -0.1) is 0 Å². The van der Waals surface area contributed by atoms with Crippen LogP contribution in [0.25, 0.3) is 5.69 Å². The number of carbonyl (C=O) groups is 1. The first-order chi connectivity index (χ1) is 14.4. The fourth-order valence-corrected chi connectivity index (χ4v) is 4.19. The van der Waals surface area contributed by atoms with Crippen molar-refractivity contribution >= 4 is 29.1 Å². The Morgan fingerprint density at radius 2 is 1.97 bits per heavy atom. The van der Waals surface area contributed by atoms with Gasteiger partial charge in [-0.05, 0) is 63.9 Å². The van der Waals surface area contributed by atoms with Crippen LogP contribution >= 0.6 is 23.2 Å². The maximum absolute atomic E-state index is 13.4. The van der Waals surface area contributed by atoms with E-state index in [9.17, 15) is 4.79 Å². The van der Waals surface area contributed by atoms with Crippen molar-refractivity contribution < 1.29 is 4.79 Å². The summed E-state index contributed by atoms with van der Waals surface area (Å²) in [6.45, 7) is 5.97. The van der Waals surface area contributed by atoms with Crippen LogP contribution in [0.3, 0.4) is 0 Å². The zero-order chi connectivity index (χ0) is 21.4. The highest BCUT2D eigenvalue weighted by molar-refractivity contribution is 6.42. The molecule has 1 amide bonds. The van der Waals surface area contributed by atoms with Crippen LogP contribution in [-0.2, 0) is 11.2 Å². The third-order valence-corrected chi connectivity index (χ3v) is 6.42. The topological polar surface area (TPSA) is 51.0 Å². The number of hydrogen-bond donors (Lipinski definition) is 0. The third kappa shape index (κ3) is 4.09. The molecule has 0 bridgehead atoms. The van der Waals surface area contributed by atoms with E-state index in [-0.39, 0.29) is 11.9 Å². The fraction of sp³-hybridized carbons (Fsp3) is 0.348. The number of rotatable bonds is 6. The lowest BCUT2D eigenvalue weighted by Crippen LogP contribution is -2.37. The van der Waals surface area contributed by atoms with E-state index in [0.29, 0.717) is 22.5 Å². The van der Waals surface area contributed by atoms with Crippen LogP contribution < -0.4 is 0 Å². The van der Waals surface area contributed by atoms with E-state index in [0.717, 1.165) is 41.2 Å². The lowest BCUT2D eigenvalue weighted by Gasteiger charge is -2.29. The first-order valence-corrected chi connectivity index (χ1v) is 10.8. The van der Waals surface area contributed by atoms with Crippen molar-refractivity contribution in [3.05, 3.63) is 75.3 Å². The highest BCUT2D eigenvalue weighted by atomic mass is 35.5. The Balaban J connectivity index is 1.61. The first-order valence-electron chi connectivity index (χ1n) is 10.1. The minimum atomic E-state index is -0.0584. The van der Waals surface area contributed by atoms with Gasteiger partial charge in [0, 0.05) is 23.5 Å². The second kappa shape index (κ2) is 8.40. The first kappa shape index (κ1) is 20.9. The lowest BCUT2D eigenvalue weighted by molar-refractivity contribution is -0.133. The minimum absolute atomic E-state index is 0.0584. The zero-order valence-corrected chi connectivity index (χ0v) is 18.8. The zero-order valence-electron chi connectivity index (χ0n) is 17.3. The quantitative estimate of drug-likeness (QED) is 0.507. The van der Waals surface area contributed by atoms with E-state index in [1.807, 2.05) is 47.7 Å². The van der Waals surface area contributed by atoms with Crippen LogP contribution in [0.2, 0.25) is 10.0 Å². The van der Waals surface area contributed by atoms with E-state index in [4.69, 9.17) is 23.2 Å². The maximum atomic E-state index is 13.4. The molecule has 0 spiro atoms. The molecule has 1 fully saturated rings. The molecule has 0 saturated heterocycles. The Kier molecular flexibility index (Phi) is 5.85. The summed E-state index contributed by atoms with van der Waals surface area (Å²) in [6.07, 6.45) is 4.18. The number of amides is 1. The molecule has 156 valence electrons.